The summed E-state index contributed by atoms with van der Waals surface area (Å²) in [5, 5.41) is 0. The SMILES string of the molecule is CC(C)(C)CCCNS(=O)(=O)CCCc1ccccc1. The minimum absolute atomic E-state index is 0.206. The summed E-state index contributed by atoms with van der Waals surface area (Å²) >= 11 is 0. The van der Waals surface area contributed by atoms with Crippen LogP contribution in [0.25, 0.3) is 0 Å². The Kier molecular flexibility index (Phi) is 6.69. The maximum Gasteiger partial charge on any atom is 0.211 e. The van der Waals surface area contributed by atoms with Crippen molar-refractivity contribution in [3.05, 3.63) is 35.9 Å². The molecule has 0 aliphatic rings. The molecule has 0 aliphatic carbocycles. The Morgan fingerprint density at radius 1 is 1.05 bits per heavy atom. The highest BCUT2D eigenvalue weighted by Gasteiger charge is 2.12. The van der Waals surface area contributed by atoms with E-state index in [1.807, 2.05) is 30.3 Å². The summed E-state index contributed by atoms with van der Waals surface area (Å²) in [5.41, 5.74) is 1.45. The highest BCUT2D eigenvalue weighted by atomic mass is 32.2. The van der Waals surface area contributed by atoms with E-state index in [0.29, 0.717) is 13.0 Å². The lowest BCUT2D eigenvalue weighted by Crippen LogP contribution is -2.28. The Morgan fingerprint density at radius 2 is 1.70 bits per heavy atom. The first-order chi connectivity index (χ1) is 9.29. The van der Waals surface area contributed by atoms with Crippen molar-refractivity contribution in [3.63, 3.8) is 0 Å². The second-order valence-electron chi connectivity index (χ2n) is 6.47. The Bertz CT molecular complexity index is 475. The number of hydrogen-bond acceptors (Lipinski definition) is 2. The summed E-state index contributed by atoms with van der Waals surface area (Å²) < 4.78 is 26.4. The molecule has 0 aliphatic heterocycles. The fourth-order valence-corrected chi connectivity index (χ4v) is 3.15. The molecule has 0 radical (unpaired) electrons. The van der Waals surface area contributed by atoms with E-state index in [1.54, 1.807) is 0 Å². The molecule has 1 aromatic carbocycles. The topological polar surface area (TPSA) is 46.2 Å². The highest BCUT2D eigenvalue weighted by molar-refractivity contribution is 7.89. The molecule has 1 aromatic rings. The van der Waals surface area contributed by atoms with Gasteiger partial charge >= 0.3 is 0 Å². The molecular formula is C16H27NO2S. The Morgan fingerprint density at radius 3 is 2.30 bits per heavy atom. The van der Waals surface area contributed by atoms with E-state index in [-0.39, 0.29) is 11.2 Å². The van der Waals surface area contributed by atoms with Crippen molar-refractivity contribution in [1.29, 1.82) is 0 Å². The third-order valence-electron chi connectivity index (χ3n) is 3.15. The molecule has 1 N–H and O–H groups in total. The maximum atomic E-state index is 11.8. The lowest BCUT2D eigenvalue weighted by atomic mass is 9.91. The largest absolute Gasteiger partial charge is 0.215 e. The van der Waals surface area contributed by atoms with Gasteiger partial charge in [-0.05, 0) is 36.7 Å². The van der Waals surface area contributed by atoms with Crippen molar-refractivity contribution in [2.24, 2.45) is 5.41 Å². The van der Waals surface area contributed by atoms with Gasteiger partial charge in [0.05, 0.1) is 5.75 Å². The highest BCUT2D eigenvalue weighted by Crippen LogP contribution is 2.19. The van der Waals surface area contributed by atoms with Crippen LogP contribution in [-0.2, 0) is 16.4 Å². The van der Waals surface area contributed by atoms with E-state index in [0.717, 1.165) is 19.3 Å². The molecule has 0 amide bonds. The first-order valence-electron chi connectivity index (χ1n) is 7.30. The Hall–Kier alpha value is -0.870. The predicted molar refractivity (Wildman–Crippen MR) is 85.2 cm³/mol. The average Bonchev–Trinajstić information content (AvgIpc) is 2.35. The molecule has 114 valence electrons. The van der Waals surface area contributed by atoms with Gasteiger partial charge in [0.15, 0.2) is 0 Å². The second-order valence-corrected chi connectivity index (χ2v) is 8.39. The lowest BCUT2D eigenvalue weighted by Gasteiger charge is -2.17. The van der Waals surface area contributed by atoms with Gasteiger partial charge in [0.25, 0.3) is 0 Å². The lowest BCUT2D eigenvalue weighted by molar-refractivity contribution is 0.365. The zero-order valence-corrected chi connectivity index (χ0v) is 13.7. The van der Waals surface area contributed by atoms with Crippen molar-refractivity contribution < 1.29 is 8.42 Å². The number of benzene rings is 1. The van der Waals surface area contributed by atoms with Crippen LogP contribution in [0.2, 0.25) is 0 Å². The molecule has 0 unspecified atom stereocenters. The second kappa shape index (κ2) is 7.79. The zero-order valence-electron chi connectivity index (χ0n) is 12.9. The van der Waals surface area contributed by atoms with E-state index >= 15 is 0 Å². The molecule has 0 aromatic heterocycles. The molecule has 0 spiro atoms. The van der Waals surface area contributed by atoms with Crippen molar-refractivity contribution in [2.45, 2.75) is 46.5 Å². The van der Waals surface area contributed by atoms with Gasteiger partial charge in [-0.15, -0.1) is 0 Å². The summed E-state index contributed by atoms with van der Waals surface area (Å²) in [5.74, 6) is 0.206. The minimum Gasteiger partial charge on any atom is -0.215 e. The van der Waals surface area contributed by atoms with Gasteiger partial charge in [0, 0.05) is 6.54 Å². The van der Waals surface area contributed by atoms with E-state index in [4.69, 9.17) is 0 Å². The number of hydrogen-bond donors (Lipinski definition) is 1. The molecule has 0 bridgehead atoms. The molecule has 3 nitrogen and oxygen atoms in total. The third kappa shape index (κ3) is 8.33. The Labute approximate surface area is 123 Å². The van der Waals surface area contributed by atoms with Crippen LogP contribution in [0.3, 0.4) is 0 Å². The third-order valence-corrected chi connectivity index (χ3v) is 4.62. The van der Waals surface area contributed by atoms with E-state index in [2.05, 4.69) is 25.5 Å². The fourth-order valence-electron chi connectivity index (χ4n) is 2.03. The first-order valence-corrected chi connectivity index (χ1v) is 8.95. The van der Waals surface area contributed by atoms with Gasteiger partial charge in [-0.3, -0.25) is 0 Å². The normalized spacial score (nSPS) is 12.6. The number of sulfonamides is 1. The summed E-state index contributed by atoms with van der Waals surface area (Å²) in [7, 11) is -3.12. The van der Waals surface area contributed by atoms with E-state index in [1.165, 1.54) is 5.56 Å². The smallest absolute Gasteiger partial charge is 0.211 e. The maximum absolute atomic E-state index is 11.8. The summed E-state index contributed by atoms with van der Waals surface area (Å²) in [6, 6.07) is 9.99. The van der Waals surface area contributed by atoms with Gasteiger partial charge in [0.2, 0.25) is 10.0 Å². The molecule has 20 heavy (non-hydrogen) atoms. The Balaban J connectivity index is 2.21. The number of nitrogens with one attached hydrogen (secondary N) is 1. The number of rotatable bonds is 8. The summed E-state index contributed by atoms with van der Waals surface area (Å²) in [6.45, 7) is 7.05. The van der Waals surface area contributed by atoms with Crippen LogP contribution in [0.5, 0.6) is 0 Å². The van der Waals surface area contributed by atoms with Crippen LogP contribution >= 0.6 is 0 Å². The molecule has 0 saturated heterocycles. The van der Waals surface area contributed by atoms with Crippen LogP contribution in [-0.4, -0.2) is 20.7 Å². The summed E-state index contributed by atoms with van der Waals surface area (Å²) in [4.78, 5) is 0. The predicted octanol–water partition coefficient (Wildman–Crippen LogP) is 3.36. The van der Waals surface area contributed by atoms with Gasteiger partial charge in [-0.25, -0.2) is 13.1 Å². The van der Waals surface area contributed by atoms with Crippen molar-refractivity contribution >= 4 is 10.0 Å². The van der Waals surface area contributed by atoms with Crippen LogP contribution in [0.15, 0.2) is 30.3 Å². The molecule has 0 fully saturated rings. The minimum atomic E-state index is -3.12. The van der Waals surface area contributed by atoms with Gasteiger partial charge < -0.3 is 0 Å². The molecule has 4 heteroatoms. The quantitative estimate of drug-likeness (QED) is 0.748. The zero-order chi connectivity index (χ0) is 15.1. The standard InChI is InChI=1S/C16H27NO2S/c1-16(2,3)12-8-13-17-20(18,19)14-7-11-15-9-5-4-6-10-15/h4-6,9-10,17H,7-8,11-14H2,1-3H3. The van der Waals surface area contributed by atoms with Gasteiger partial charge in [0.1, 0.15) is 0 Å². The first kappa shape index (κ1) is 17.2. The van der Waals surface area contributed by atoms with Crippen molar-refractivity contribution in [2.75, 3.05) is 12.3 Å². The van der Waals surface area contributed by atoms with E-state index in [9.17, 15) is 8.42 Å². The summed E-state index contributed by atoms with van der Waals surface area (Å²) in [6.07, 6.45) is 3.39. The monoisotopic (exact) mass is 297 g/mol. The average molecular weight is 297 g/mol. The van der Waals surface area contributed by atoms with Crippen LogP contribution in [0, 0.1) is 5.41 Å². The van der Waals surface area contributed by atoms with Gasteiger partial charge in [-0.2, -0.15) is 0 Å². The molecule has 1 rings (SSSR count). The molecule has 0 atom stereocenters. The molecule has 0 heterocycles. The molecule has 0 saturated carbocycles. The van der Waals surface area contributed by atoms with Gasteiger partial charge in [-0.1, -0.05) is 51.1 Å². The number of aryl methyl sites for hydroxylation is 1. The van der Waals surface area contributed by atoms with Crippen LogP contribution in [0.4, 0.5) is 0 Å². The van der Waals surface area contributed by atoms with Crippen LogP contribution < -0.4 is 4.72 Å². The fraction of sp³-hybridized carbons (Fsp3) is 0.625. The van der Waals surface area contributed by atoms with Crippen LogP contribution in [0.1, 0.15) is 45.6 Å². The van der Waals surface area contributed by atoms with Crippen molar-refractivity contribution in [3.8, 4) is 0 Å². The molecular weight excluding hydrogens is 270 g/mol. The van der Waals surface area contributed by atoms with Crippen molar-refractivity contribution in [1.82, 2.24) is 4.72 Å². The van der Waals surface area contributed by atoms with E-state index < -0.39 is 10.0 Å².